The summed E-state index contributed by atoms with van der Waals surface area (Å²) < 4.78 is 4.82. The summed E-state index contributed by atoms with van der Waals surface area (Å²) in [7, 11) is 1.30. The standard InChI is InChI=1S/C26H20N2O5/c1-17-6-10-19(11-7-17)24-16-21(14-18-8-12-22(13-9-18)28(31)32)25(29)27(24)23-5-3-4-20(15-23)26(30)33-2/h3-16H,1-2H3/b21-14+. The Bertz CT molecular complexity index is 1310. The summed E-state index contributed by atoms with van der Waals surface area (Å²) in [5, 5.41) is 10.9. The molecule has 33 heavy (non-hydrogen) atoms. The molecule has 0 aromatic heterocycles. The number of benzene rings is 3. The molecule has 7 heteroatoms. The van der Waals surface area contributed by atoms with E-state index in [9.17, 15) is 19.7 Å². The predicted octanol–water partition coefficient (Wildman–Crippen LogP) is 5.16. The van der Waals surface area contributed by atoms with Gasteiger partial charge in [0.05, 0.1) is 29.0 Å². The Balaban J connectivity index is 1.79. The van der Waals surface area contributed by atoms with E-state index in [4.69, 9.17) is 4.74 Å². The molecule has 1 aliphatic heterocycles. The average Bonchev–Trinajstić information content (AvgIpc) is 3.15. The zero-order valence-corrected chi connectivity index (χ0v) is 18.0. The molecule has 0 aliphatic carbocycles. The number of anilines is 1. The SMILES string of the molecule is COC(=O)c1cccc(N2C(=O)/C(=C/c3ccc([N+](=O)[O-])cc3)C=C2c2ccc(C)cc2)c1. The van der Waals surface area contributed by atoms with Crippen molar-refractivity contribution in [2.24, 2.45) is 0 Å². The number of non-ortho nitro benzene ring substituents is 1. The number of amides is 1. The molecule has 7 nitrogen and oxygen atoms in total. The first-order valence-electron chi connectivity index (χ1n) is 10.1. The molecule has 3 aromatic rings. The molecule has 0 unspecified atom stereocenters. The number of nitro benzene ring substituents is 1. The van der Waals surface area contributed by atoms with Gasteiger partial charge in [0.15, 0.2) is 0 Å². The predicted molar refractivity (Wildman–Crippen MR) is 125 cm³/mol. The van der Waals surface area contributed by atoms with Crippen molar-refractivity contribution in [3.63, 3.8) is 0 Å². The Labute approximate surface area is 190 Å². The number of nitro groups is 1. The summed E-state index contributed by atoms with van der Waals surface area (Å²) in [6.45, 7) is 1.98. The second-order valence-corrected chi connectivity index (χ2v) is 7.53. The lowest BCUT2D eigenvalue weighted by atomic mass is 10.1. The third-order valence-electron chi connectivity index (χ3n) is 5.28. The fourth-order valence-electron chi connectivity index (χ4n) is 3.57. The van der Waals surface area contributed by atoms with Crippen LogP contribution in [0, 0.1) is 17.0 Å². The van der Waals surface area contributed by atoms with Crippen LogP contribution in [0.25, 0.3) is 11.8 Å². The van der Waals surface area contributed by atoms with Crippen LogP contribution in [0.5, 0.6) is 0 Å². The number of esters is 1. The number of methoxy groups -OCH3 is 1. The first-order valence-corrected chi connectivity index (χ1v) is 10.1. The van der Waals surface area contributed by atoms with Gasteiger partial charge in [-0.1, -0.05) is 35.9 Å². The molecule has 0 saturated heterocycles. The van der Waals surface area contributed by atoms with E-state index in [1.807, 2.05) is 31.2 Å². The Morgan fingerprint density at radius 2 is 1.73 bits per heavy atom. The van der Waals surface area contributed by atoms with Crippen molar-refractivity contribution in [2.75, 3.05) is 12.0 Å². The van der Waals surface area contributed by atoms with Crippen LogP contribution in [0.3, 0.4) is 0 Å². The van der Waals surface area contributed by atoms with E-state index in [1.165, 1.54) is 19.2 Å². The minimum Gasteiger partial charge on any atom is -0.465 e. The second-order valence-electron chi connectivity index (χ2n) is 7.53. The quantitative estimate of drug-likeness (QED) is 0.237. The molecular formula is C26H20N2O5. The maximum atomic E-state index is 13.5. The first kappa shape index (κ1) is 21.7. The van der Waals surface area contributed by atoms with Crippen LogP contribution < -0.4 is 4.90 Å². The van der Waals surface area contributed by atoms with Gasteiger partial charge in [-0.3, -0.25) is 19.8 Å². The number of carbonyl (C=O) groups is 2. The van der Waals surface area contributed by atoms with E-state index >= 15 is 0 Å². The highest BCUT2D eigenvalue weighted by molar-refractivity contribution is 6.23. The van der Waals surface area contributed by atoms with E-state index in [0.29, 0.717) is 28.1 Å². The van der Waals surface area contributed by atoms with Crippen LogP contribution in [0.4, 0.5) is 11.4 Å². The highest BCUT2D eigenvalue weighted by atomic mass is 16.6. The van der Waals surface area contributed by atoms with Gasteiger partial charge in [0.1, 0.15) is 0 Å². The molecule has 0 saturated carbocycles. The molecule has 3 aromatic carbocycles. The molecule has 0 radical (unpaired) electrons. The zero-order chi connectivity index (χ0) is 23.5. The van der Waals surface area contributed by atoms with Gasteiger partial charge in [-0.2, -0.15) is 0 Å². The van der Waals surface area contributed by atoms with E-state index < -0.39 is 10.9 Å². The Morgan fingerprint density at radius 1 is 1.03 bits per heavy atom. The van der Waals surface area contributed by atoms with Gasteiger partial charge in [-0.25, -0.2) is 4.79 Å². The molecule has 1 amide bonds. The largest absolute Gasteiger partial charge is 0.465 e. The number of rotatable bonds is 5. The number of ether oxygens (including phenoxy) is 1. The van der Waals surface area contributed by atoms with Gasteiger partial charge in [0, 0.05) is 17.7 Å². The van der Waals surface area contributed by atoms with Crippen LogP contribution in [-0.2, 0) is 9.53 Å². The van der Waals surface area contributed by atoms with E-state index in [2.05, 4.69) is 0 Å². The highest BCUT2D eigenvalue weighted by Gasteiger charge is 2.31. The molecule has 1 heterocycles. The van der Waals surface area contributed by atoms with Crippen LogP contribution in [0.2, 0.25) is 0 Å². The molecule has 1 aliphatic rings. The van der Waals surface area contributed by atoms with Crippen LogP contribution in [0.1, 0.15) is 27.0 Å². The van der Waals surface area contributed by atoms with Gasteiger partial charge in [0.2, 0.25) is 0 Å². The number of hydrogen-bond donors (Lipinski definition) is 0. The van der Waals surface area contributed by atoms with Gasteiger partial charge in [0.25, 0.3) is 11.6 Å². The van der Waals surface area contributed by atoms with Crippen LogP contribution >= 0.6 is 0 Å². The van der Waals surface area contributed by atoms with Crippen molar-refractivity contribution >= 4 is 35.0 Å². The van der Waals surface area contributed by atoms with Crippen LogP contribution in [-0.4, -0.2) is 23.9 Å². The number of nitrogens with zero attached hydrogens (tertiary/aromatic N) is 2. The van der Waals surface area contributed by atoms with Gasteiger partial charge < -0.3 is 4.74 Å². The minimum absolute atomic E-state index is 0.0213. The summed E-state index contributed by atoms with van der Waals surface area (Å²) >= 11 is 0. The van der Waals surface area contributed by atoms with Gasteiger partial charge in [-0.05, 0) is 60.5 Å². The topological polar surface area (TPSA) is 89.8 Å². The molecular weight excluding hydrogens is 420 g/mol. The van der Waals surface area contributed by atoms with Crippen LogP contribution in [0.15, 0.2) is 84.4 Å². The summed E-state index contributed by atoms with van der Waals surface area (Å²) in [5.41, 5.74) is 4.51. The molecule has 0 fully saturated rings. The summed E-state index contributed by atoms with van der Waals surface area (Å²) in [4.78, 5) is 37.5. The molecule has 0 atom stereocenters. The van der Waals surface area contributed by atoms with Crippen molar-refractivity contribution in [1.29, 1.82) is 0 Å². The smallest absolute Gasteiger partial charge is 0.337 e. The molecule has 4 rings (SSSR count). The number of aryl methyl sites for hydroxylation is 1. The van der Waals surface area contributed by atoms with E-state index in [1.54, 1.807) is 53.5 Å². The Morgan fingerprint density at radius 3 is 2.36 bits per heavy atom. The van der Waals surface area contributed by atoms with Crippen molar-refractivity contribution in [3.05, 3.63) is 117 Å². The second kappa shape index (κ2) is 8.92. The average molecular weight is 440 g/mol. The maximum Gasteiger partial charge on any atom is 0.337 e. The Hall–Kier alpha value is -4.52. The number of hydrogen-bond acceptors (Lipinski definition) is 5. The van der Waals surface area contributed by atoms with E-state index in [0.717, 1.165) is 11.1 Å². The third-order valence-corrected chi connectivity index (χ3v) is 5.28. The fraction of sp³-hybridized carbons (Fsp3) is 0.0769. The van der Waals surface area contributed by atoms with Crippen molar-refractivity contribution in [2.45, 2.75) is 6.92 Å². The lowest BCUT2D eigenvalue weighted by Gasteiger charge is -2.21. The molecule has 0 bridgehead atoms. The van der Waals surface area contributed by atoms with Crippen molar-refractivity contribution < 1.29 is 19.2 Å². The summed E-state index contributed by atoms with van der Waals surface area (Å²) in [6, 6.07) is 20.4. The zero-order valence-electron chi connectivity index (χ0n) is 18.0. The summed E-state index contributed by atoms with van der Waals surface area (Å²) in [6.07, 6.45) is 3.46. The lowest BCUT2D eigenvalue weighted by Crippen LogP contribution is -2.25. The lowest BCUT2D eigenvalue weighted by molar-refractivity contribution is -0.384. The normalized spacial score (nSPS) is 14.4. The van der Waals surface area contributed by atoms with Crippen molar-refractivity contribution in [3.8, 4) is 0 Å². The first-order chi connectivity index (χ1) is 15.9. The molecule has 0 N–H and O–H groups in total. The van der Waals surface area contributed by atoms with Gasteiger partial charge in [-0.15, -0.1) is 0 Å². The summed E-state index contributed by atoms with van der Waals surface area (Å²) in [5.74, 6) is -0.767. The minimum atomic E-state index is -0.494. The Kier molecular flexibility index (Phi) is 5.87. The van der Waals surface area contributed by atoms with E-state index in [-0.39, 0.29) is 11.6 Å². The third kappa shape index (κ3) is 4.43. The van der Waals surface area contributed by atoms with Gasteiger partial charge >= 0.3 is 5.97 Å². The monoisotopic (exact) mass is 440 g/mol. The van der Waals surface area contributed by atoms with Crippen molar-refractivity contribution in [1.82, 2.24) is 0 Å². The number of carbonyl (C=O) groups excluding carboxylic acids is 2. The maximum absolute atomic E-state index is 13.5. The molecule has 0 spiro atoms. The molecule has 164 valence electrons. The fourth-order valence-corrected chi connectivity index (χ4v) is 3.57. The highest BCUT2D eigenvalue weighted by Crippen LogP contribution is 2.36.